The van der Waals surface area contributed by atoms with E-state index < -0.39 is 23.5 Å². The Kier molecular flexibility index (Phi) is 4.72. The number of hydrogen-bond acceptors (Lipinski definition) is 3. The molecule has 1 aliphatic rings. The van der Waals surface area contributed by atoms with Gasteiger partial charge >= 0.3 is 0 Å². The number of carbonyl (C=O) groups is 2. The van der Waals surface area contributed by atoms with Crippen LogP contribution in [0.3, 0.4) is 0 Å². The van der Waals surface area contributed by atoms with Crippen LogP contribution in [0.2, 0.25) is 0 Å². The van der Waals surface area contributed by atoms with E-state index in [0.717, 1.165) is 5.56 Å². The molecule has 4 nitrogen and oxygen atoms in total. The maximum Gasteiger partial charge on any atom is 0.300 e. The second-order valence-electron chi connectivity index (χ2n) is 6.89. The minimum absolute atomic E-state index is 0.132. The smallest absolute Gasteiger partial charge is 0.300 e. The van der Waals surface area contributed by atoms with E-state index in [2.05, 4.69) is 0 Å². The standard InChI is InChI=1S/C24H18FNO3/c1-15-11-13-16(14-12-15)22(27)20-21(18-9-5-6-10-19(18)25)26(24(29)23(20)28)17-7-3-2-4-8-17/h2-14,21,27H,1H3/t21-/m1/s1. The highest BCUT2D eigenvalue weighted by Crippen LogP contribution is 2.42. The Morgan fingerprint density at radius 3 is 2.17 bits per heavy atom. The molecule has 4 rings (SSSR count). The summed E-state index contributed by atoms with van der Waals surface area (Å²) in [6.07, 6.45) is 0. The zero-order valence-electron chi connectivity index (χ0n) is 15.7. The molecule has 29 heavy (non-hydrogen) atoms. The van der Waals surface area contributed by atoms with Crippen LogP contribution in [0.4, 0.5) is 10.1 Å². The number of ketones is 1. The molecule has 0 aromatic heterocycles. The van der Waals surface area contributed by atoms with Crippen LogP contribution in [0, 0.1) is 12.7 Å². The van der Waals surface area contributed by atoms with Crippen molar-refractivity contribution in [1.82, 2.24) is 0 Å². The molecule has 3 aromatic carbocycles. The van der Waals surface area contributed by atoms with Crippen LogP contribution < -0.4 is 4.90 Å². The van der Waals surface area contributed by atoms with E-state index in [1.54, 1.807) is 60.7 Å². The summed E-state index contributed by atoms with van der Waals surface area (Å²) < 4.78 is 14.7. The molecule has 1 amide bonds. The fourth-order valence-electron chi connectivity index (χ4n) is 3.55. The SMILES string of the molecule is Cc1ccc(C(O)=C2C(=O)C(=O)N(c3ccccc3)[C@@H]2c2ccccc2F)cc1. The maximum atomic E-state index is 14.7. The van der Waals surface area contributed by atoms with Gasteiger partial charge in [-0.25, -0.2) is 4.39 Å². The van der Waals surface area contributed by atoms with E-state index in [1.165, 1.54) is 23.1 Å². The van der Waals surface area contributed by atoms with Gasteiger partial charge < -0.3 is 5.11 Å². The first-order chi connectivity index (χ1) is 14.0. The second-order valence-corrected chi connectivity index (χ2v) is 6.89. The zero-order chi connectivity index (χ0) is 20.5. The lowest BCUT2D eigenvalue weighted by Gasteiger charge is -2.25. The van der Waals surface area contributed by atoms with Crippen molar-refractivity contribution >= 4 is 23.1 Å². The molecule has 0 saturated carbocycles. The molecule has 0 spiro atoms. The number of carbonyl (C=O) groups excluding carboxylic acids is 2. The first-order valence-electron chi connectivity index (χ1n) is 9.16. The van der Waals surface area contributed by atoms with Crippen molar-refractivity contribution in [1.29, 1.82) is 0 Å². The van der Waals surface area contributed by atoms with Crippen LogP contribution in [0.1, 0.15) is 22.7 Å². The lowest BCUT2D eigenvalue weighted by Crippen LogP contribution is -2.29. The average molecular weight is 387 g/mol. The van der Waals surface area contributed by atoms with Gasteiger partial charge in [0.25, 0.3) is 11.7 Å². The van der Waals surface area contributed by atoms with Crippen molar-refractivity contribution in [2.45, 2.75) is 13.0 Å². The predicted octanol–water partition coefficient (Wildman–Crippen LogP) is 4.76. The molecule has 0 bridgehead atoms. The molecule has 3 aromatic rings. The summed E-state index contributed by atoms with van der Waals surface area (Å²) in [5.41, 5.74) is 1.84. The average Bonchev–Trinajstić information content (AvgIpc) is 3.00. The van der Waals surface area contributed by atoms with Gasteiger partial charge in [0.1, 0.15) is 11.6 Å². The predicted molar refractivity (Wildman–Crippen MR) is 109 cm³/mol. The number of para-hydroxylation sites is 1. The molecule has 1 fully saturated rings. The molecule has 0 aliphatic carbocycles. The summed E-state index contributed by atoms with van der Waals surface area (Å²) >= 11 is 0. The number of aliphatic hydroxyl groups is 1. The molecule has 1 aliphatic heterocycles. The summed E-state index contributed by atoms with van der Waals surface area (Å²) in [7, 11) is 0. The fraction of sp³-hybridized carbons (Fsp3) is 0.0833. The van der Waals surface area contributed by atoms with Crippen LogP contribution in [-0.2, 0) is 9.59 Å². The van der Waals surface area contributed by atoms with E-state index in [1.807, 2.05) is 6.92 Å². The largest absolute Gasteiger partial charge is 0.507 e. The molecule has 1 atom stereocenters. The Labute approximate surface area is 167 Å². The van der Waals surface area contributed by atoms with E-state index in [4.69, 9.17) is 0 Å². The summed E-state index contributed by atoms with van der Waals surface area (Å²) in [6, 6.07) is 20.4. The zero-order valence-corrected chi connectivity index (χ0v) is 15.7. The number of hydrogen-bond donors (Lipinski definition) is 1. The van der Waals surface area contributed by atoms with Crippen LogP contribution in [0.25, 0.3) is 5.76 Å². The number of nitrogens with zero attached hydrogens (tertiary/aromatic N) is 1. The van der Waals surface area contributed by atoms with Gasteiger partial charge in [0.2, 0.25) is 0 Å². The van der Waals surface area contributed by atoms with Gasteiger partial charge in [-0.1, -0.05) is 66.2 Å². The fourth-order valence-corrected chi connectivity index (χ4v) is 3.55. The van der Waals surface area contributed by atoms with Gasteiger partial charge in [-0.3, -0.25) is 14.5 Å². The molecule has 1 heterocycles. The Balaban J connectivity index is 1.97. The van der Waals surface area contributed by atoms with Crippen molar-refractivity contribution in [2.24, 2.45) is 0 Å². The maximum absolute atomic E-state index is 14.7. The van der Waals surface area contributed by atoms with E-state index in [0.29, 0.717) is 11.3 Å². The number of amides is 1. The summed E-state index contributed by atoms with van der Waals surface area (Å²) in [4.78, 5) is 27.1. The quantitative estimate of drug-likeness (QED) is 0.400. The highest BCUT2D eigenvalue weighted by atomic mass is 19.1. The molecule has 1 saturated heterocycles. The first-order valence-corrected chi connectivity index (χ1v) is 9.16. The summed E-state index contributed by atoms with van der Waals surface area (Å²) in [6.45, 7) is 1.90. The molecule has 5 heteroatoms. The van der Waals surface area contributed by atoms with Crippen molar-refractivity contribution in [3.63, 3.8) is 0 Å². The highest BCUT2D eigenvalue weighted by molar-refractivity contribution is 6.51. The first kappa shape index (κ1) is 18.6. The van der Waals surface area contributed by atoms with Crippen molar-refractivity contribution in [2.75, 3.05) is 4.90 Å². The van der Waals surface area contributed by atoms with Gasteiger partial charge in [0.05, 0.1) is 11.6 Å². The number of benzene rings is 3. The van der Waals surface area contributed by atoms with Crippen molar-refractivity contribution in [3.05, 3.63) is 107 Å². The number of aryl methyl sites for hydroxylation is 1. The number of halogens is 1. The molecular formula is C24H18FNO3. The second kappa shape index (κ2) is 7.36. The third-order valence-electron chi connectivity index (χ3n) is 5.00. The minimum atomic E-state index is -1.07. The van der Waals surface area contributed by atoms with Gasteiger partial charge in [-0.05, 0) is 25.1 Å². The van der Waals surface area contributed by atoms with E-state index in [-0.39, 0.29) is 16.9 Å². The van der Waals surface area contributed by atoms with E-state index in [9.17, 15) is 19.1 Å². The Morgan fingerprint density at radius 1 is 0.897 bits per heavy atom. The molecule has 144 valence electrons. The van der Waals surface area contributed by atoms with Gasteiger partial charge in [0, 0.05) is 16.8 Å². The number of rotatable bonds is 3. The van der Waals surface area contributed by atoms with Crippen LogP contribution in [-0.4, -0.2) is 16.8 Å². The van der Waals surface area contributed by atoms with Crippen LogP contribution in [0.15, 0.2) is 84.4 Å². The van der Waals surface area contributed by atoms with Gasteiger partial charge in [0.15, 0.2) is 0 Å². The number of aliphatic hydroxyl groups excluding tert-OH is 1. The summed E-state index contributed by atoms with van der Waals surface area (Å²) in [5, 5.41) is 10.9. The third kappa shape index (κ3) is 3.21. The molecule has 0 radical (unpaired) electrons. The topological polar surface area (TPSA) is 57.6 Å². The molecule has 1 N–H and O–H groups in total. The normalized spacial score (nSPS) is 18.3. The summed E-state index contributed by atoms with van der Waals surface area (Å²) in [5.74, 6) is -2.54. The van der Waals surface area contributed by atoms with Crippen LogP contribution in [0.5, 0.6) is 0 Å². The molecule has 0 unspecified atom stereocenters. The lowest BCUT2D eigenvalue weighted by atomic mass is 9.94. The van der Waals surface area contributed by atoms with Crippen LogP contribution >= 0.6 is 0 Å². The minimum Gasteiger partial charge on any atom is -0.507 e. The highest BCUT2D eigenvalue weighted by Gasteiger charge is 2.47. The Bertz CT molecular complexity index is 1120. The molecular weight excluding hydrogens is 369 g/mol. The van der Waals surface area contributed by atoms with Crippen molar-refractivity contribution in [3.8, 4) is 0 Å². The third-order valence-corrected chi connectivity index (χ3v) is 5.00. The number of Topliss-reactive ketones (excluding diaryl/α,β-unsaturated/α-hetero) is 1. The number of anilines is 1. The van der Waals surface area contributed by atoms with E-state index >= 15 is 0 Å². The lowest BCUT2D eigenvalue weighted by molar-refractivity contribution is -0.132. The van der Waals surface area contributed by atoms with Gasteiger partial charge in [-0.2, -0.15) is 0 Å². The van der Waals surface area contributed by atoms with Crippen molar-refractivity contribution < 1.29 is 19.1 Å². The Morgan fingerprint density at radius 2 is 1.52 bits per heavy atom. The van der Waals surface area contributed by atoms with Gasteiger partial charge in [-0.15, -0.1) is 0 Å². The Hall–Kier alpha value is -3.73. The monoisotopic (exact) mass is 387 g/mol.